The maximum atomic E-state index is 12.2. The number of rotatable bonds is 4. The molecule has 2 fully saturated rings. The predicted molar refractivity (Wildman–Crippen MR) is 80.2 cm³/mol. The summed E-state index contributed by atoms with van der Waals surface area (Å²) in [6.07, 6.45) is 4.75. The quantitative estimate of drug-likeness (QED) is 0.428. The molecular weight excluding hydrogens is 302 g/mol. The number of urea groups is 1. The molecule has 1 heterocycles. The number of likely N-dealkylation sites (N-methyl/N-ethyl adjacent to an activating group) is 1. The second kappa shape index (κ2) is 6.80. The molecule has 1 saturated carbocycles. The minimum absolute atomic E-state index is 0.112. The van der Waals surface area contributed by atoms with E-state index < -0.39 is 11.5 Å². The van der Waals surface area contributed by atoms with E-state index in [1.54, 1.807) is 0 Å². The zero-order chi connectivity index (χ0) is 17.0. The number of imide groups is 1. The molecular formula is C15H21N3O5. The molecule has 4 amide bonds. The van der Waals surface area contributed by atoms with E-state index in [0.717, 1.165) is 4.90 Å². The SMILES string of the molecule is COC(=O)/C=C/CNC(=O)C1CCC2(CC1)NC(=O)N(C)C2=O. The molecule has 1 saturated heterocycles. The number of nitrogens with one attached hydrogen (secondary N) is 2. The Hall–Kier alpha value is -2.38. The van der Waals surface area contributed by atoms with Crippen LogP contribution in [-0.4, -0.2) is 55.0 Å². The van der Waals surface area contributed by atoms with Crippen LogP contribution in [0.2, 0.25) is 0 Å². The van der Waals surface area contributed by atoms with Crippen molar-refractivity contribution in [3.8, 4) is 0 Å². The molecule has 2 rings (SSSR count). The average Bonchev–Trinajstić information content (AvgIpc) is 2.76. The van der Waals surface area contributed by atoms with Crippen LogP contribution in [0.4, 0.5) is 4.79 Å². The Bertz CT molecular complexity index is 549. The molecule has 126 valence electrons. The zero-order valence-electron chi connectivity index (χ0n) is 13.3. The zero-order valence-corrected chi connectivity index (χ0v) is 13.3. The van der Waals surface area contributed by atoms with Crippen LogP contribution in [-0.2, 0) is 19.1 Å². The minimum atomic E-state index is -0.840. The predicted octanol–water partition coefficient (Wildman–Crippen LogP) is -0.0576. The summed E-state index contributed by atoms with van der Waals surface area (Å²) >= 11 is 0. The maximum Gasteiger partial charge on any atom is 0.330 e. The van der Waals surface area contributed by atoms with E-state index in [2.05, 4.69) is 15.4 Å². The minimum Gasteiger partial charge on any atom is -0.466 e. The number of ether oxygens (including phenoxy) is 1. The molecule has 8 nitrogen and oxygen atoms in total. The number of esters is 1. The third-order valence-corrected chi connectivity index (χ3v) is 4.42. The highest BCUT2D eigenvalue weighted by atomic mass is 16.5. The highest BCUT2D eigenvalue weighted by Crippen LogP contribution is 2.36. The number of carbonyl (C=O) groups excluding carboxylic acids is 4. The lowest BCUT2D eigenvalue weighted by atomic mass is 9.76. The van der Waals surface area contributed by atoms with Gasteiger partial charge in [0.15, 0.2) is 0 Å². The van der Waals surface area contributed by atoms with Crippen molar-refractivity contribution in [2.45, 2.75) is 31.2 Å². The van der Waals surface area contributed by atoms with Crippen LogP contribution >= 0.6 is 0 Å². The first-order valence-corrected chi connectivity index (χ1v) is 7.52. The van der Waals surface area contributed by atoms with Gasteiger partial charge in [-0.05, 0) is 25.7 Å². The van der Waals surface area contributed by atoms with E-state index in [1.165, 1.54) is 26.3 Å². The molecule has 0 bridgehead atoms. The van der Waals surface area contributed by atoms with Crippen molar-refractivity contribution in [1.29, 1.82) is 0 Å². The van der Waals surface area contributed by atoms with Crippen molar-refractivity contribution < 1.29 is 23.9 Å². The van der Waals surface area contributed by atoms with Crippen LogP contribution in [0.1, 0.15) is 25.7 Å². The second-order valence-electron chi connectivity index (χ2n) is 5.82. The Balaban J connectivity index is 1.81. The molecule has 1 aliphatic carbocycles. The van der Waals surface area contributed by atoms with Crippen molar-refractivity contribution in [3.05, 3.63) is 12.2 Å². The van der Waals surface area contributed by atoms with Gasteiger partial charge in [-0.2, -0.15) is 0 Å². The summed E-state index contributed by atoms with van der Waals surface area (Å²) in [5.41, 5.74) is -0.840. The smallest absolute Gasteiger partial charge is 0.330 e. The highest BCUT2D eigenvalue weighted by molar-refractivity contribution is 6.06. The molecule has 0 aromatic carbocycles. The van der Waals surface area contributed by atoms with Crippen molar-refractivity contribution in [2.24, 2.45) is 5.92 Å². The van der Waals surface area contributed by atoms with E-state index >= 15 is 0 Å². The highest BCUT2D eigenvalue weighted by Gasteiger charge is 2.51. The molecule has 1 spiro atoms. The van der Waals surface area contributed by atoms with Crippen LogP contribution in [0.5, 0.6) is 0 Å². The molecule has 8 heteroatoms. The van der Waals surface area contributed by atoms with Gasteiger partial charge >= 0.3 is 12.0 Å². The number of hydrogen-bond donors (Lipinski definition) is 2. The van der Waals surface area contributed by atoms with Gasteiger partial charge in [0.05, 0.1) is 7.11 Å². The van der Waals surface area contributed by atoms with Crippen molar-refractivity contribution in [2.75, 3.05) is 20.7 Å². The fourth-order valence-corrected chi connectivity index (χ4v) is 2.99. The molecule has 23 heavy (non-hydrogen) atoms. The van der Waals surface area contributed by atoms with Crippen LogP contribution in [0.25, 0.3) is 0 Å². The van der Waals surface area contributed by atoms with Crippen LogP contribution in [0.15, 0.2) is 12.2 Å². The largest absolute Gasteiger partial charge is 0.466 e. The summed E-state index contributed by atoms with van der Waals surface area (Å²) in [5, 5.41) is 5.47. The van der Waals surface area contributed by atoms with Gasteiger partial charge < -0.3 is 15.4 Å². The molecule has 0 aromatic rings. The first-order chi connectivity index (χ1) is 10.9. The summed E-state index contributed by atoms with van der Waals surface area (Å²) in [6, 6.07) is -0.383. The van der Waals surface area contributed by atoms with Gasteiger partial charge in [-0.15, -0.1) is 0 Å². The summed E-state index contributed by atoms with van der Waals surface area (Å²) in [7, 11) is 2.74. The third-order valence-electron chi connectivity index (χ3n) is 4.42. The van der Waals surface area contributed by atoms with Gasteiger partial charge in [0.25, 0.3) is 5.91 Å². The van der Waals surface area contributed by atoms with Gasteiger partial charge in [0, 0.05) is 25.6 Å². The van der Waals surface area contributed by atoms with Gasteiger partial charge in [-0.1, -0.05) is 6.08 Å². The first-order valence-electron chi connectivity index (χ1n) is 7.52. The fourth-order valence-electron chi connectivity index (χ4n) is 2.99. The molecule has 0 aromatic heterocycles. The topological polar surface area (TPSA) is 105 Å². The molecule has 1 aliphatic heterocycles. The van der Waals surface area contributed by atoms with E-state index in [4.69, 9.17) is 0 Å². The Morgan fingerprint density at radius 3 is 2.57 bits per heavy atom. The van der Waals surface area contributed by atoms with E-state index in [1.807, 2.05) is 0 Å². The van der Waals surface area contributed by atoms with Gasteiger partial charge in [0.1, 0.15) is 5.54 Å². The Morgan fingerprint density at radius 2 is 2.04 bits per heavy atom. The number of hydrogen-bond acceptors (Lipinski definition) is 5. The summed E-state index contributed by atoms with van der Waals surface area (Å²) < 4.78 is 4.45. The van der Waals surface area contributed by atoms with Crippen LogP contribution in [0.3, 0.4) is 0 Å². The molecule has 2 N–H and O–H groups in total. The number of amides is 4. The first kappa shape index (κ1) is 17.0. The second-order valence-corrected chi connectivity index (χ2v) is 5.82. The average molecular weight is 323 g/mol. The van der Waals surface area contributed by atoms with Gasteiger partial charge in [0.2, 0.25) is 5.91 Å². The number of carbonyl (C=O) groups is 4. The van der Waals surface area contributed by atoms with Crippen molar-refractivity contribution >= 4 is 23.8 Å². The van der Waals surface area contributed by atoms with E-state index in [9.17, 15) is 19.2 Å². The van der Waals surface area contributed by atoms with Gasteiger partial charge in [-0.25, -0.2) is 9.59 Å². The fraction of sp³-hybridized carbons (Fsp3) is 0.600. The standard InChI is InChI=1S/C15H21N3O5/c1-18-13(21)15(17-14(18)22)7-5-10(6-8-15)12(20)16-9-3-4-11(19)23-2/h3-4,10H,5-9H2,1-2H3,(H,16,20)(H,17,22)/b4-3+. The lowest BCUT2D eigenvalue weighted by Crippen LogP contribution is -2.50. The molecule has 2 aliphatic rings. The normalized spacial score (nSPS) is 27.4. The van der Waals surface area contributed by atoms with Crippen LogP contribution < -0.4 is 10.6 Å². The summed E-state index contributed by atoms with van der Waals surface area (Å²) in [6.45, 7) is 0.244. The third kappa shape index (κ3) is 3.52. The van der Waals surface area contributed by atoms with E-state index in [-0.39, 0.29) is 30.3 Å². The summed E-state index contributed by atoms with van der Waals surface area (Å²) in [5.74, 6) is -0.997. The molecule has 0 atom stereocenters. The lowest BCUT2D eigenvalue weighted by Gasteiger charge is -2.34. The Labute approximate surface area is 134 Å². The van der Waals surface area contributed by atoms with Crippen LogP contribution in [0, 0.1) is 5.92 Å². The van der Waals surface area contributed by atoms with Crippen molar-refractivity contribution in [3.63, 3.8) is 0 Å². The Morgan fingerprint density at radius 1 is 1.39 bits per heavy atom. The molecule has 0 radical (unpaired) electrons. The number of methoxy groups -OCH3 is 1. The maximum absolute atomic E-state index is 12.2. The lowest BCUT2D eigenvalue weighted by molar-refractivity contribution is -0.135. The summed E-state index contributed by atoms with van der Waals surface area (Å²) in [4.78, 5) is 47.8. The number of nitrogens with zero attached hydrogens (tertiary/aromatic N) is 1. The molecule has 0 unspecified atom stereocenters. The van der Waals surface area contributed by atoms with Crippen molar-refractivity contribution in [1.82, 2.24) is 15.5 Å². The van der Waals surface area contributed by atoms with E-state index in [0.29, 0.717) is 25.7 Å². The van der Waals surface area contributed by atoms with Gasteiger partial charge in [-0.3, -0.25) is 14.5 Å². The monoisotopic (exact) mass is 323 g/mol. The Kier molecular flexibility index (Phi) is 5.02.